The summed E-state index contributed by atoms with van der Waals surface area (Å²) in [5.41, 5.74) is -1.49. The number of carbonyl (C=O) groups is 1. The Hall–Kier alpha value is -6.00. The fourth-order valence-corrected chi connectivity index (χ4v) is 10.2. The lowest BCUT2D eigenvalue weighted by atomic mass is 9.97. The third-order valence-corrected chi connectivity index (χ3v) is 15.1. The van der Waals surface area contributed by atoms with Crippen LogP contribution in [-0.4, -0.2) is 271 Å². The first-order chi connectivity index (χ1) is 40.8. The van der Waals surface area contributed by atoms with E-state index in [1.807, 2.05) is 0 Å². The van der Waals surface area contributed by atoms with Gasteiger partial charge in [0.15, 0.2) is 42.2 Å². The van der Waals surface area contributed by atoms with E-state index in [2.05, 4.69) is 0 Å². The fraction of sp³-hybridized carbons (Fsp3) is 0.556. The van der Waals surface area contributed by atoms with Gasteiger partial charge in [-0.1, -0.05) is 12.1 Å². The number of benzene rings is 3. The van der Waals surface area contributed by atoms with E-state index in [0.29, 0.717) is 5.56 Å². The van der Waals surface area contributed by atoms with Crippen molar-refractivity contribution in [3.05, 3.63) is 76.5 Å². The molecule has 0 aliphatic carbocycles. The zero-order chi connectivity index (χ0) is 62.3. The third-order valence-electron chi connectivity index (χ3n) is 15.1. The molecular weight excluding hydrogens is 1160 g/mol. The summed E-state index contributed by atoms with van der Waals surface area (Å²) >= 11 is 0. The Labute approximate surface area is 484 Å². The number of phenolic OH excluding ortho intramolecular Hbond substituents is 4. The number of ether oxygens (including phenoxy) is 11. The number of aliphatic hydroxyl groups is 14. The van der Waals surface area contributed by atoms with E-state index in [-0.39, 0.29) is 17.1 Å². The number of fused-ring (bicyclic) bond motifs is 1. The largest absolute Gasteiger partial charge is 0.508 e. The van der Waals surface area contributed by atoms with Gasteiger partial charge in [-0.2, -0.15) is 0 Å². The van der Waals surface area contributed by atoms with Gasteiger partial charge < -0.3 is 148 Å². The van der Waals surface area contributed by atoms with Crippen molar-refractivity contribution in [3.8, 4) is 45.8 Å². The number of rotatable bonds is 17. The number of phenols is 4. The lowest BCUT2D eigenvalue weighted by Crippen LogP contribution is -2.65. The first-order valence-electron chi connectivity index (χ1n) is 26.8. The number of aromatic hydroxyl groups is 4. The zero-order valence-corrected chi connectivity index (χ0v) is 45.2. The summed E-state index contributed by atoms with van der Waals surface area (Å²) in [6.45, 7) is 0.120. The van der Waals surface area contributed by atoms with E-state index < -0.39 is 224 Å². The molecule has 25 unspecified atom stereocenters. The summed E-state index contributed by atoms with van der Waals surface area (Å²) in [6, 6.07) is 10.6. The average molecular weight is 1230 g/mol. The molecule has 6 heterocycles. The number of hydrogen-bond donors (Lipinski definition) is 18. The van der Waals surface area contributed by atoms with Crippen LogP contribution < -0.4 is 14.9 Å². The molecule has 4 aromatic rings. The van der Waals surface area contributed by atoms with Gasteiger partial charge in [0, 0.05) is 23.8 Å². The Morgan fingerprint density at radius 2 is 1.07 bits per heavy atom. The molecule has 9 rings (SSSR count). The molecule has 25 atom stereocenters. The molecule has 0 amide bonds. The van der Waals surface area contributed by atoms with Gasteiger partial charge in [0.05, 0.1) is 32.0 Å². The predicted molar refractivity (Wildman–Crippen MR) is 278 cm³/mol. The second kappa shape index (κ2) is 26.8. The van der Waals surface area contributed by atoms with Gasteiger partial charge in [-0.25, -0.2) is 4.79 Å². The number of hydrogen-bond acceptors (Lipinski definition) is 32. The van der Waals surface area contributed by atoms with Crippen LogP contribution in [0.5, 0.6) is 34.5 Å². The highest BCUT2D eigenvalue weighted by Crippen LogP contribution is 2.41. The molecule has 5 saturated heterocycles. The van der Waals surface area contributed by atoms with Gasteiger partial charge in [-0.3, -0.25) is 4.79 Å². The summed E-state index contributed by atoms with van der Waals surface area (Å²) in [7, 11) is 0. The molecule has 5 aliphatic heterocycles. The van der Waals surface area contributed by atoms with Crippen LogP contribution in [0.4, 0.5) is 0 Å². The maximum absolute atomic E-state index is 14.6. The summed E-state index contributed by atoms with van der Waals surface area (Å²) in [6.07, 6.45) is -43.0. The number of esters is 1. The van der Waals surface area contributed by atoms with Crippen LogP contribution >= 0.6 is 0 Å². The molecule has 0 bridgehead atoms. The van der Waals surface area contributed by atoms with Gasteiger partial charge >= 0.3 is 5.97 Å². The van der Waals surface area contributed by atoms with Crippen molar-refractivity contribution in [2.45, 2.75) is 167 Å². The minimum atomic E-state index is -2.22. The van der Waals surface area contributed by atoms with Gasteiger partial charge in [-0.05, 0) is 55.8 Å². The van der Waals surface area contributed by atoms with Crippen molar-refractivity contribution in [1.29, 1.82) is 0 Å². The van der Waals surface area contributed by atoms with E-state index in [1.54, 1.807) is 0 Å². The van der Waals surface area contributed by atoms with E-state index in [1.165, 1.54) is 44.2 Å². The molecule has 0 radical (unpaired) electrons. The average Bonchev–Trinajstić information content (AvgIpc) is 1.14. The van der Waals surface area contributed by atoms with Gasteiger partial charge in [0.1, 0.15) is 132 Å². The SMILES string of the molecule is CC1OC(Oc2cc(O)c3c(=O)c(OC4OC(COC5OC(C)C(OC(=O)C=Cc6ccc(O)cc6)C(OC6OC(CO)C(O)C(O)C6O)C5O)C(O)C(O)C4O)c(-c4ccc(O)c(O)c4)oc3c2)C(O)C(OC2OC(CO)C(O)C(O)C2O)C1O. The molecular formula is C54H66O32. The summed E-state index contributed by atoms with van der Waals surface area (Å²) in [5, 5.41) is 191. The molecule has 3 aromatic carbocycles. The Morgan fingerprint density at radius 1 is 0.523 bits per heavy atom. The van der Waals surface area contributed by atoms with Crippen LogP contribution in [0, 0.1) is 0 Å². The second-order valence-electron chi connectivity index (χ2n) is 21.0. The lowest BCUT2D eigenvalue weighted by molar-refractivity contribution is -0.361. The molecule has 0 spiro atoms. The Balaban J connectivity index is 0.957. The quantitative estimate of drug-likeness (QED) is 0.0266. The number of carbonyl (C=O) groups excluding carboxylic acids is 1. The summed E-state index contributed by atoms with van der Waals surface area (Å²) in [5.74, 6) is -5.25. The van der Waals surface area contributed by atoms with Crippen molar-refractivity contribution in [2.75, 3.05) is 19.8 Å². The van der Waals surface area contributed by atoms with Gasteiger partial charge in [0.2, 0.25) is 23.8 Å². The standard InChI is InChI=1S/C54H66O32/c1-17-32(62)47(84-51-40(70)37(67)33(63)27(14-55)80-51)43(73)54(76-17)78-22-12-25(60)31-26(13-22)79-46(20-6-9-23(58)24(59)11-20)48(36(31)66)85-53-42(72)39(69)35(65)29(82-53)16-75-50-44(74)49(86-52-41(71)38(68)34(64)28(15-56)81-52)45(18(2)77-50)83-30(61)10-5-19-3-7-21(57)8-4-19/h3-13,17-18,27-29,32-35,37-45,47,49-60,62-65,67-74H,14-16H2,1-2H3. The summed E-state index contributed by atoms with van der Waals surface area (Å²) in [4.78, 5) is 27.8. The number of aliphatic hydroxyl groups excluding tert-OH is 14. The van der Waals surface area contributed by atoms with Crippen LogP contribution in [0.1, 0.15) is 19.4 Å². The van der Waals surface area contributed by atoms with Crippen LogP contribution in [-0.2, 0) is 47.4 Å². The maximum Gasteiger partial charge on any atom is 0.331 e. The first-order valence-corrected chi connectivity index (χ1v) is 26.8. The molecule has 86 heavy (non-hydrogen) atoms. The maximum atomic E-state index is 14.6. The van der Waals surface area contributed by atoms with Crippen molar-refractivity contribution in [2.24, 2.45) is 0 Å². The van der Waals surface area contributed by atoms with Gasteiger partial charge in [-0.15, -0.1) is 0 Å². The monoisotopic (exact) mass is 1230 g/mol. The Morgan fingerprint density at radius 3 is 1.67 bits per heavy atom. The molecule has 18 N–H and O–H groups in total. The van der Waals surface area contributed by atoms with Crippen molar-refractivity contribution >= 4 is 23.0 Å². The fourth-order valence-electron chi connectivity index (χ4n) is 10.2. The molecule has 5 fully saturated rings. The zero-order valence-electron chi connectivity index (χ0n) is 45.2. The Bertz CT molecular complexity index is 3050. The topological polar surface area (TPSA) is 513 Å². The van der Waals surface area contributed by atoms with Crippen molar-refractivity contribution < 1.29 is 153 Å². The molecule has 1 aromatic heterocycles. The predicted octanol–water partition coefficient (Wildman–Crippen LogP) is -5.57. The normalized spacial score (nSPS) is 38.6. The van der Waals surface area contributed by atoms with Crippen LogP contribution in [0.3, 0.4) is 0 Å². The van der Waals surface area contributed by atoms with E-state index in [4.69, 9.17) is 56.5 Å². The molecule has 32 nitrogen and oxygen atoms in total. The molecule has 32 heteroatoms. The minimum Gasteiger partial charge on any atom is -0.508 e. The van der Waals surface area contributed by atoms with Gasteiger partial charge in [0.25, 0.3) is 0 Å². The van der Waals surface area contributed by atoms with Crippen molar-refractivity contribution in [3.63, 3.8) is 0 Å². The highest BCUT2D eigenvalue weighted by molar-refractivity contribution is 5.89. The smallest absolute Gasteiger partial charge is 0.331 e. The third kappa shape index (κ3) is 13.2. The molecule has 5 aliphatic rings. The van der Waals surface area contributed by atoms with E-state index >= 15 is 0 Å². The highest BCUT2D eigenvalue weighted by atomic mass is 16.8. The van der Waals surface area contributed by atoms with E-state index in [9.17, 15) is 102 Å². The second-order valence-corrected chi connectivity index (χ2v) is 21.0. The van der Waals surface area contributed by atoms with Crippen LogP contribution in [0.15, 0.2) is 69.9 Å². The first kappa shape index (κ1) is 64.5. The summed E-state index contributed by atoms with van der Waals surface area (Å²) < 4.78 is 69.3. The molecule has 0 saturated carbocycles. The lowest BCUT2D eigenvalue weighted by Gasteiger charge is -2.46. The van der Waals surface area contributed by atoms with Crippen LogP contribution in [0.25, 0.3) is 28.4 Å². The Kier molecular flexibility index (Phi) is 20.1. The van der Waals surface area contributed by atoms with E-state index in [0.717, 1.165) is 36.4 Å². The molecule has 474 valence electrons. The highest BCUT2D eigenvalue weighted by Gasteiger charge is 2.54. The van der Waals surface area contributed by atoms with Crippen molar-refractivity contribution in [1.82, 2.24) is 0 Å². The van der Waals surface area contributed by atoms with Crippen LogP contribution in [0.2, 0.25) is 0 Å². The minimum absolute atomic E-state index is 0.0466.